The second-order valence-corrected chi connectivity index (χ2v) is 9.84. The Hall–Kier alpha value is -3.01. The minimum atomic E-state index is -1.82. The summed E-state index contributed by atoms with van der Waals surface area (Å²) in [4.78, 5) is 25.7. The summed E-state index contributed by atoms with van der Waals surface area (Å²) in [5.41, 5.74) is -0.577. The summed E-state index contributed by atoms with van der Waals surface area (Å²) in [5.74, 6) is -7.78. The van der Waals surface area contributed by atoms with Crippen LogP contribution < -0.4 is 15.4 Å². The fourth-order valence-electron chi connectivity index (χ4n) is 3.39. The molecule has 3 aromatic carbocycles. The SMILES string of the molecule is COc1c(F)cc(C(C(=O)Nc2ccc(Cl)c(C(=O)Nc3ccc(F)cc3F)c2)C(C)(Cl)Cl)cc1F. The van der Waals surface area contributed by atoms with E-state index >= 15 is 0 Å². The smallest absolute Gasteiger partial charge is 0.257 e. The number of halogens is 7. The number of amides is 2. The lowest BCUT2D eigenvalue weighted by Gasteiger charge is -2.26. The Morgan fingerprint density at radius 3 is 2.11 bits per heavy atom. The summed E-state index contributed by atoms with van der Waals surface area (Å²) in [7, 11) is 1.08. The predicted molar refractivity (Wildman–Crippen MR) is 130 cm³/mol. The van der Waals surface area contributed by atoms with Gasteiger partial charge in [0.05, 0.1) is 29.3 Å². The maximum absolute atomic E-state index is 14.3. The van der Waals surface area contributed by atoms with Crippen LogP contribution in [0.2, 0.25) is 5.02 Å². The van der Waals surface area contributed by atoms with Gasteiger partial charge in [0.25, 0.3) is 5.91 Å². The monoisotopic (exact) mass is 562 g/mol. The molecular weight excluding hydrogens is 547 g/mol. The number of nitrogens with one attached hydrogen (secondary N) is 2. The second kappa shape index (κ2) is 10.9. The summed E-state index contributed by atoms with van der Waals surface area (Å²) in [5, 5.41) is 4.69. The molecule has 3 aromatic rings. The number of carbonyl (C=O) groups excluding carboxylic acids is 2. The quantitative estimate of drug-likeness (QED) is 0.239. The molecule has 190 valence electrons. The molecule has 0 saturated heterocycles. The molecule has 0 aliphatic rings. The van der Waals surface area contributed by atoms with Crippen LogP contribution in [-0.4, -0.2) is 23.3 Å². The fourth-order valence-corrected chi connectivity index (χ4v) is 4.04. The molecule has 1 unspecified atom stereocenters. The zero-order chi connectivity index (χ0) is 26.8. The van der Waals surface area contributed by atoms with E-state index in [1.54, 1.807) is 0 Å². The van der Waals surface area contributed by atoms with Gasteiger partial charge in [0.1, 0.15) is 16.0 Å². The Labute approximate surface area is 218 Å². The minimum Gasteiger partial charge on any atom is -0.491 e. The van der Waals surface area contributed by atoms with Crippen LogP contribution in [0.4, 0.5) is 28.9 Å². The zero-order valence-electron chi connectivity index (χ0n) is 18.6. The van der Waals surface area contributed by atoms with Crippen molar-refractivity contribution < 1.29 is 31.9 Å². The van der Waals surface area contributed by atoms with Gasteiger partial charge in [-0.25, -0.2) is 17.6 Å². The molecule has 0 bridgehead atoms. The largest absolute Gasteiger partial charge is 0.491 e. The van der Waals surface area contributed by atoms with Gasteiger partial charge in [0, 0.05) is 11.8 Å². The van der Waals surface area contributed by atoms with Crippen LogP contribution in [0, 0.1) is 23.3 Å². The maximum atomic E-state index is 14.3. The van der Waals surface area contributed by atoms with Gasteiger partial charge in [-0.15, -0.1) is 23.2 Å². The van der Waals surface area contributed by atoms with Crippen LogP contribution in [0.5, 0.6) is 5.75 Å². The predicted octanol–water partition coefficient (Wildman–Crippen LogP) is 7.07. The molecule has 0 radical (unpaired) electrons. The van der Waals surface area contributed by atoms with Crippen LogP contribution in [0.25, 0.3) is 0 Å². The minimum absolute atomic E-state index is 0.0385. The lowest BCUT2D eigenvalue weighted by Crippen LogP contribution is -2.32. The average molecular weight is 564 g/mol. The number of alkyl halides is 2. The first kappa shape index (κ1) is 27.6. The maximum Gasteiger partial charge on any atom is 0.257 e. The Morgan fingerprint density at radius 1 is 0.917 bits per heavy atom. The van der Waals surface area contributed by atoms with Crippen LogP contribution in [0.3, 0.4) is 0 Å². The number of hydrogen-bond acceptors (Lipinski definition) is 3. The van der Waals surface area contributed by atoms with Crippen molar-refractivity contribution in [3.63, 3.8) is 0 Å². The number of hydrogen-bond donors (Lipinski definition) is 2. The highest BCUT2D eigenvalue weighted by Gasteiger charge is 2.38. The number of methoxy groups -OCH3 is 1. The molecule has 0 saturated carbocycles. The van der Waals surface area contributed by atoms with Gasteiger partial charge >= 0.3 is 0 Å². The van der Waals surface area contributed by atoms with Gasteiger partial charge in [-0.05, 0) is 55.0 Å². The first-order chi connectivity index (χ1) is 16.8. The van der Waals surface area contributed by atoms with Gasteiger partial charge in [-0.2, -0.15) is 0 Å². The molecule has 36 heavy (non-hydrogen) atoms. The summed E-state index contributed by atoms with van der Waals surface area (Å²) in [6, 6.07) is 8.13. The van der Waals surface area contributed by atoms with Crippen molar-refractivity contribution in [1.29, 1.82) is 0 Å². The summed E-state index contributed by atoms with van der Waals surface area (Å²) < 4.78 is 58.4. The van der Waals surface area contributed by atoms with E-state index in [2.05, 4.69) is 15.4 Å². The van der Waals surface area contributed by atoms with E-state index in [4.69, 9.17) is 34.8 Å². The topological polar surface area (TPSA) is 67.4 Å². The van der Waals surface area contributed by atoms with E-state index in [0.29, 0.717) is 6.07 Å². The first-order valence-corrected chi connectivity index (χ1v) is 11.2. The number of benzene rings is 3. The zero-order valence-corrected chi connectivity index (χ0v) is 20.8. The highest BCUT2D eigenvalue weighted by atomic mass is 35.5. The summed E-state index contributed by atoms with van der Waals surface area (Å²) in [6.07, 6.45) is 0. The van der Waals surface area contributed by atoms with Gasteiger partial charge in [-0.1, -0.05) is 11.6 Å². The highest BCUT2D eigenvalue weighted by molar-refractivity contribution is 6.50. The molecule has 3 rings (SSSR count). The molecule has 12 heteroatoms. The Bertz CT molecular complexity index is 1310. The van der Waals surface area contributed by atoms with Crippen molar-refractivity contribution in [2.75, 3.05) is 17.7 Å². The number of ether oxygens (including phenoxy) is 1. The molecular formula is C24H17Cl3F4N2O3. The van der Waals surface area contributed by atoms with E-state index < -0.39 is 51.1 Å². The van der Waals surface area contributed by atoms with Crippen molar-refractivity contribution in [3.8, 4) is 5.75 Å². The van der Waals surface area contributed by atoms with Gasteiger partial charge < -0.3 is 15.4 Å². The summed E-state index contributed by atoms with van der Waals surface area (Å²) >= 11 is 18.4. The Balaban J connectivity index is 1.90. The van der Waals surface area contributed by atoms with Crippen LogP contribution in [0.1, 0.15) is 28.8 Å². The van der Waals surface area contributed by atoms with E-state index in [1.165, 1.54) is 25.1 Å². The average Bonchev–Trinajstić information content (AvgIpc) is 2.76. The van der Waals surface area contributed by atoms with Crippen molar-refractivity contribution >= 4 is 58.0 Å². The van der Waals surface area contributed by atoms with Crippen LogP contribution >= 0.6 is 34.8 Å². The molecule has 0 aromatic heterocycles. The van der Waals surface area contributed by atoms with Crippen molar-refractivity contribution in [2.24, 2.45) is 0 Å². The Kier molecular flexibility index (Phi) is 8.38. The normalized spacial score (nSPS) is 12.1. The molecule has 0 aliphatic carbocycles. The molecule has 0 spiro atoms. The summed E-state index contributed by atoms with van der Waals surface area (Å²) in [6.45, 7) is 1.26. The van der Waals surface area contributed by atoms with E-state index in [0.717, 1.165) is 31.4 Å². The molecule has 2 N–H and O–H groups in total. The Morgan fingerprint density at radius 2 is 1.56 bits per heavy atom. The number of rotatable bonds is 7. The standard InChI is InChI=1S/C24H17Cl3F4N2O3/c1-24(26,27)20(11-7-17(30)21(36-2)18(31)8-11)23(35)32-13-4-5-15(25)14(10-13)22(34)33-19-6-3-12(28)9-16(19)29/h3-10,20H,1-2H3,(H,32,35)(H,33,34). The van der Waals surface area contributed by atoms with Gasteiger partial charge in [-0.3, -0.25) is 9.59 Å². The highest BCUT2D eigenvalue weighted by Crippen LogP contribution is 2.40. The van der Waals surface area contributed by atoms with Crippen molar-refractivity contribution in [2.45, 2.75) is 17.2 Å². The fraction of sp³-hybridized carbons (Fsp3) is 0.167. The second-order valence-electron chi connectivity index (χ2n) is 7.67. The number of anilines is 2. The van der Waals surface area contributed by atoms with Gasteiger partial charge in [0.15, 0.2) is 17.4 Å². The number of carbonyl (C=O) groups is 2. The lowest BCUT2D eigenvalue weighted by atomic mass is 9.94. The molecule has 5 nitrogen and oxygen atoms in total. The molecule has 1 atom stereocenters. The molecule has 0 fully saturated rings. The van der Waals surface area contributed by atoms with E-state index in [-0.39, 0.29) is 27.5 Å². The van der Waals surface area contributed by atoms with E-state index in [9.17, 15) is 27.2 Å². The molecule has 0 heterocycles. The van der Waals surface area contributed by atoms with Crippen molar-refractivity contribution in [1.82, 2.24) is 0 Å². The molecule has 0 aliphatic heterocycles. The third kappa shape index (κ3) is 6.21. The molecule has 2 amide bonds. The lowest BCUT2D eigenvalue weighted by molar-refractivity contribution is -0.117. The van der Waals surface area contributed by atoms with E-state index in [1.807, 2.05) is 0 Å². The third-order valence-corrected chi connectivity index (χ3v) is 5.75. The third-order valence-electron chi connectivity index (χ3n) is 4.99. The first-order valence-electron chi connectivity index (χ1n) is 10.1. The van der Waals surface area contributed by atoms with Gasteiger partial charge in [0.2, 0.25) is 5.91 Å². The van der Waals surface area contributed by atoms with Crippen LogP contribution in [-0.2, 0) is 4.79 Å². The van der Waals surface area contributed by atoms with Crippen LogP contribution in [0.15, 0.2) is 48.5 Å². The van der Waals surface area contributed by atoms with Crippen molar-refractivity contribution in [3.05, 3.63) is 87.9 Å².